The van der Waals surface area contributed by atoms with E-state index in [4.69, 9.17) is 19.6 Å². The Morgan fingerprint density at radius 3 is 2.64 bits per heavy atom. The average molecular weight is 542 g/mol. The SMILES string of the molecule is COc1cc(/C=C2/SC(=Nc3ccccc3)N(CCc3c[nH]c4ccccc34)C2=O)ccc1OC(C)C(=O)O. The number of methoxy groups -OCH3 is 1. The lowest BCUT2D eigenvalue weighted by Gasteiger charge is -2.15. The third-order valence-electron chi connectivity index (χ3n) is 6.29. The number of nitrogens with zero attached hydrogens (tertiary/aromatic N) is 2. The molecule has 1 amide bonds. The number of carbonyl (C=O) groups excluding carboxylic acids is 1. The summed E-state index contributed by atoms with van der Waals surface area (Å²) >= 11 is 1.32. The number of carbonyl (C=O) groups is 2. The van der Waals surface area contributed by atoms with Gasteiger partial charge in [0.15, 0.2) is 22.8 Å². The Labute approximate surface area is 230 Å². The highest BCUT2D eigenvalue weighted by Gasteiger charge is 2.33. The van der Waals surface area contributed by atoms with Crippen molar-refractivity contribution in [3.63, 3.8) is 0 Å². The quantitative estimate of drug-likeness (QED) is 0.257. The normalized spacial score (nSPS) is 16.3. The number of carboxylic acid groups (broad SMARTS) is 1. The van der Waals surface area contributed by atoms with Crippen LogP contribution in [0.15, 0.2) is 88.9 Å². The molecule has 0 bridgehead atoms. The van der Waals surface area contributed by atoms with E-state index in [1.807, 2.05) is 54.7 Å². The fraction of sp³-hybridized carbons (Fsp3) is 0.167. The van der Waals surface area contributed by atoms with Gasteiger partial charge >= 0.3 is 5.97 Å². The van der Waals surface area contributed by atoms with Gasteiger partial charge in [0, 0.05) is 23.6 Å². The van der Waals surface area contributed by atoms with Crippen LogP contribution in [0.3, 0.4) is 0 Å². The standard InChI is InChI=1S/C30H27N3O5S/c1-19(29(35)36)38-25-13-12-20(16-26(25)37-2)17-27-28(34)33(30(39-27)32-22-8-4-3-5-9-22)15-14-21-18-31-24-11-7-6-10-23(21)24/h3-13,16-19,31H,14-15H2,1-2H3,(H,35,36)/b27-17+,32-30?. The van der Waals surface area contributed by atoms with E-state index in [0.29, 0.717) is 34.5 Å². The number of amides is 1. The van der Waals surface area contributed by atoms with Crippen molar-refractivity contribution in [1.29, 1.82) is 0 Å². The maximum absolute atomic E-state index is 13.6. The fourth-order valence-electron chi connectivity index (χ4n) is 4.24. The zero-order valence-corrected chi connectivity index (χ0v) is 22.3. The molecule has 0 radical (unpaired) electrons. The van der Waals surface area contributed by atoms with Crippen LogP contribution in [0.4, 0.5) is 5.69 Å². The van der Waals surface area contributed by atoms with Crippen LogP contribution in [0.5, 0.6) is 11.5 Å². The second kappa shape index (κ2) is 11.5. The average Bonchev–Trinajstić information content (AvgIpc) is 3.48. The second-order valence-electron chi connectivity index (χ2n) is 8.92. The first-order chi connectivity index (χ1) is 18.9. The van der Waals surface area contributed by atoms with Gasteiger partial charge in [0.25, 0.3) is 5.91 Å². The number of aliphatic imine (C=N–C) groups is 1. The highest BCUT2D eigenvalue weighted by Crippen LogP contribution is 2.36. The van der Waals surface area contributed by atoms with E-state index in [9.17, 15) is 9.59 Å². The molecule has 4 aromatic rings. The first kappa shape index (κ1) is 26.1. The van der Waals surface area contributed by atoms with Crippen LogP contribution in [0.25, 0.3) is 17.0 Å². The van der Waals surface area contributed by atoms with Crippen molar-refractivity contribution in [2.45, 2.75) is 19.4 Å². The van der Waals surface area contributed by atoms with Gasteiger partial charge in [0.05, 0.1) is 17.7 Å². The van der Waals surface area contributed by atoms with Crippen molar-refractivity contribution < 1.29 is 24.2 Å². The van der Waals surface area contributed by atoms with E-state index < -0.39 is 12.1 Å². The first-order valence-electron chi connectivity index (χ1n) is 12.4. The van der Waals surface area contributed by atoms with Crippen LogP contribution in [0.2, 0.25) is 0 Å². The Morgan fingerprint density at radius 1 is 1.10 bits per heavy atom. The Morgan fingerprint density at radius 2 is 1.87 bits per heavy atom. The fourth-order valence-corrected chi connectivity index (χ4v) is 5.26. The zero-order chi connectivity index (χ0) is 27.4. The van der Waals surface area contributed by atoms with Crippen LogP contribution >= 0.6 is 11.8 Å². The molecular weight excluding hydrogens is 514 g/mol. The summed E-state index contributed by atoms with van der Waals surface area (Å²) in [6, 6.07) is 22.8. The number of amidine groups is 1. The smallest absolute Gasteiger partial charge is 0.344 e. The van der Waals surface area contributed by atoms with Gasteiger partial charge in [0.2, 0.25) is 0 Å². The van der Waals surface area contributed by atoms with Gasteiger partial charge in [-0.1, -0.05) is 42.5 Å². The van der Waals surface area contributed by atoms with Gasteiger partial charge < -0.3 is 19.6 Å². The van der Waals surface area contributed by atoms with Crippen LogP contribution in [0, 0.1) is 0 Å². The van der Waals surface area contributed by atoms with Crippen molar-refractivity contribution in [2.24, 2.45) is 4.99 Å². The minimum atomic E-state index is -1.07. The molecule has 1 saturated heterocycles. The van der Waals surface area contributed by atoms with Crippen molar-refractivity contribution >= 4 is 51.5 Å². The largest absolute Gasteiger partial charge is 0.493 e. The number of aromatic amines is 1. The van der Waals surface area contributed by atoms with Crippen LogP contribution in [-0.4, -0.2) is 51.8 Å². The molecule has 2 heterocycles. The molecule has 3 aromatic carbocycles. The lowest BCUT2D eigenvalue weighted by Crippen LogP contribution is -2.31. The Hall–Kier alpha value is -4.50. The number of aromatic nitrogens is 1. The Kier molecular flexibility index (Phi) is 7.69. The molecule has 1 aliphatic rings. The maximum Gasteiger partial charge on any atom is 0.344 e. The summed E-state index contributed by atoms with van der Waals surface area (Å²) in [6.45, 7) is 1.92. The van der Waals surface area contributed by atoms with Crippen LogP contribution in [0.1, 0.15) is 18.1 Å². The van der Waals surface area contributed by atoms with Gasteiger partial charge in [0.1, 0.15) is 0 Å². The third kappa shape index (κ3) is 5.83. The van der Waals surface area contributed by atoms with Crippen molar-refractivity contribution in [1.82, 2.24) is 9.88 Å². The lowest BCUT2D eigenvalue weighted by molar-refractivity contribution is -0.144. The number of rotatable bonds is 9. The van der Waals surface area contributed by atoms with E-state index in [-0.39, 0.29) is 5.91 Å². The molecule has 1 aliphatic heterocycles. The first-order valence-corrected chi connectivity index (χ1v) is 13.2. The predicted octanol–water partition coefficient (Wildman–Crippen LogP) is 5.88. The van der Waals surface area contributed by atoms with E-state index in [1.165, 1.54) is 25.8 Å². The highest BCUT2D eigenvalue weighted by atomic mass is 32.2. The molecule has 0 aliphatic carbocycles. The molecule has 0 spiro atoms. The van der Waals surface area contributed by atoms with Crippen molar-refractivity contribution in [3.05, 3.63) is 95.0 Å². The third-order valence-corrected chi connectivity index (χ3v) is 7.29. The zero-order valence-electron chi connectivity index (χ0n) is 21.5. The van der Waals surface area contributed by atoms with Gasteiger partial charge in [-0.15, -0.1) is 0 Å². The summed E-state index contributed by atoms with van der Waals surface area (Å²) in [4.78, 5) is 35.1. The second-order valence-corrected chi connectivity index (χ2v) is 9.92. The topological polar surface area (TPSA) is 104 Å². The number of ether oxygens (including phenoxy) is 2. The van der Waals surface area contributed by atoms with Crippen molar-refractivity contribution in [2.75, 3.05) is 13.7 Å². The van der Waals surface area contributed by atoms with Crippen LogP contribution < -0.4 is 9.47 Å². The number of H-pyrrole nitrogens is 1. The van der Waals surface area contributed by atoms with Crippen molar-refractivity contribution in [3.8, 4) is 11.5 Å². The number of carboxylic acids is 1. The number of hydrogen-bond acceptors (Lipinski definition) is 6. The number of nitrogens with one attached hydrogen (secondary N) is 1. The number of aliphatic carboxylic acids is 1. The molecule has 9 heteroatoms. The van der Waals surface area contributed by atoms with E-state index in [0.717, 1.165) is 27.7 Å². The van der Waals surface area contributed by atoms with E-state index in [1.54, 1.807) is 29.2 Å². The van der Waals surface area contributed by atoms with E-state index in [2.05, 4.69) is 11.1 Å². The van der Waals surface area contributed by atoms with Gasteiger partial charge in [-0.25, -0.2) is 9.79 Å². The monoisotopic (exact) mass is 541 g/mol. The number of fused-ring (bicyclic) bond motifs is 1. The molecule has 1 aromatic heterocycles. The molecule has 198 valence electrons. The summed E-state index contributed by atoms with van der Waals surface area (Å²) < 4.78 is 10.9. The summed E-state index contributed by atoms with van der Waals surface area (Å²) in [6.07, 6.45) is 3.41. The number of hydrogen-bond donors (Lipinski definition) is 2. The number of thioether (sulfide) groups is 1. The summed E-state index contributed by atoms with van der Waals surface area (Å²) in [5, 5.41) is 10.9. The number of benzene rings is 3. The minimum absolute atomic E-state index is 0.131. The number of para-hydroxylation sites is 2. The molecule has 2 N–H and O–H groups in total. The summed E-state index contributed by atoms with van der Waals surface area (Å²) in [5.74, 6) is -0.517. The summed E-state index contributed by atoms with van der Waals surface area (Å²) in [5.41, 5.74) is 3.68. The molecule has 1 unspecified atom stereocenters. The lowest BCUT2D eigenvalue weighted by atomic mass is 10.1. The Balaban J connectivity index is 1.43. The Bertz CT molecular complexity index is 1580. The minimum Gasteiger partial charge on any atom is -0.493 e. The van der Waals surface area contributed by atoms with Gasteiger partial charge in [-0.2, -0.15) is 0 Å². The predicted molar refractivity (Wildman–Crippen MR) is 154 cm³/mol. The molecule has 5 rings (SSSR count). The van der Waals surface area contributed by atoms with Gasteiger partial charge in [-0.05, 0) is 72.6 Å². The molecule has 39 heavy (non-hydrogen) atoms. The molecule has 1 atom stereocenters. The molecule has 0 saturated carbocycles. The molecule has 1 fully saturated rings. The maximum atomic E-state index is 13.6. The highest BCUT2D eigenvalue weighted by molar-refractivity contribution is 8.18. The molecule has 8 nitrogen and oxygen atoms in total. The van der Waals surface area contributed by atoms with E-state index >= 15 is 0 Å². The molecular formula is C30H27N3O5S. The summed E-state index contributed by atoms with van der Waals surface area (Å²) in [7, 11) is 1.48. The van der Waals surface area contributed by atoms with Crippen LogP contribution in [-0.2, 0) is 16.0 Å². The van der Waals surface area contributed by atoms with Gasteiger partial charge in [-0.3, -0.25) is 9.69 Å².